The molecule has 0 radical (unpaired) electrons. The van der Waals surface area contributed by atoms with Crippen LogP contribution in [0.15, 0.2) is 53.7 Å². The number of hydrogen-bond acceptors (Lipinski definition) is 4. The molecule has 146 valence electrons. The Bertz CT molecular complexity index is 935. The lowest BCUT2D eigenvalue weighted by Crippen LogP contribution is -2.46. The number of methoxy groups -OCH3 is 2. The highest BCUT2D eigenvalue weighted by Crippen LogP contribution is 2.35. The lowest BCUT2D eigenvalue weighted by atomic mass is 9.94. The maximum Gasteiger partial charge on any atom is 0.319 e. The maximum absolute atomic E-state index is 13.1. The average molecular weight is 381 g/mol. The van der Waals surface area contributed by atoms with Crippen LogP contribution in [0.3, 0.4) is 0 Å². The summed E-state index contributed by atoms with van der Waals surface area (Å²) in [7, 11) is 3.09. The molecule has 3 N–H and O–H groups in total. The summed E-state index contributed by atoms with van der Waals surface area (Å²) >= 11 is 0. The predicted molar refractivity (Wildman–Crippen MR) is 106 cm³/mol. The molecule has 1 atom stereocenters. The first-order valence-electron chi connectivity index (χ1n) is 8.81. The van der Waals surface area contributed by atoms with Gasteiger partial charge in [0.15, 0.2) is 0 Å². The van der Waals surface area contributed by atoms with Gasteiger partial charge in [0.1, 0.15) is 11.5 Å². The number of anilines is 1. The number of benzene rings is 2. The van der Waals surface area contributed by atoms with Crippen molar-refractivity contribution < 1.29 is 19.1 Å². The summed E-state index contributed by atoms with van der Waals surface area (Å²) in [6, 6.07) is 11.7. The first-order valence-corrected chi connectivity index (χ1v) is 8.81. The first kappa shape index (κ1) is 19.3. The first-order chi connectivity index (χ1) is 13.4. The molecular formula is C21H23N3O4. The second-order valence-electron chi connectivity index (χ2n) is 6.50. The monoisotopic (exact) mass is 381 g/mol. The summed E-state index contributed by atoms with van der Waals surface area (Å²) in [5, 5.41) is 8.37. The fourth-order valence-corrected chi connectivity index (χ4v) is 3.12. The third kappa shape index (κ3) is 3.93. The van der Waals surface area contributed by atoms with Gasteiger partial charge in [-0.15, -0.1) is 0 Å². The van der Waals surface area contributed by atoms with Crippen LogP contribution in [0, 0.1) is 6.92 Å². The maximum atomic E-state index is 13.1. The zero-order chi connectivity index (χ0) is 20.3. The molecule has 3 amide bonds. The van der Waals surface area contributed by atoms with E-state index in [0.29, 0.717) is 34.0 Å². The van der Waals surface area contributed by atoms with E-state index in [-0.39, 0.29) is 11.9 Å². The number of carbonyl (C=O) groups excluding carboxylic acids is 2. The number of ether oxygens (including phenoxy) is 2. The Hall–Kier alpha value is -3.48. The molecule has 2 aromatic carbocycles. The van der Waals surface area contributed by atoms with Crippen molar-refractivity contribution in [1.82, 2.24) is 10.6 Å². The van der Waals surface area contributed by atoms with Gasteiger partial charge in [-0.05, 0) is 38.1 Å². The van der Waals surface area contributed by atoms with Gasteiger partial charge >= 0.3 is 6.03 Å². The second-order valence-corrected chi connectivity index (χ2v) is 6.50. The highest BCUT2D eigenvalue weighted by molar-refractivity contribution is 6.06. The van der Waals surface area contributed by atoms with E-state index >= 15 is 0 Å². The van der Waals surface area contributed by atoms with Gasteiger partial charge < -0.3 is 25.4 Å². The van der Waals surface area contributed by atoms with Gasteiger partial charge in [0.05, 0.1) is 25.8 Å². The van der Waals surface area contributed by atoms with Gasteiger partial charge in [-0.3, -0.25) is 4.79 Å². The standard InChI is InChI=1S/C21H23N3O4/c1-12-5-7-14(8-6-12)23-20(25)18-13(2)22-21(26)24-19(18)16-10-9-15(27-3)11-17(16)28-4/h5-11,19H,1-4H3,(H,23,25)(H2,22,24,26)/t19-/m0/s1. The lowest BCUT2D eigenvalue weighted by Gasteiger charge is -2.29. The largest absolute Gasteiger partial charge is 0.497 e. The fourth-order valence-electron chi connectivity index (χ4n) is 3.12. The zero-order valence-corrected chi connectivity index (χ0v) is 16.3. The molecule has 0 saturated heterocycles. The van der Waals surface area contributed by atoms with Gasteiger partial charge in [0, 0.05) is 23.0 Å². The van der Waals surface area contributed by atoms with Gasteiger partial charge in [-0.2, -0.15) is 0 Å². The van der Waals surface area contributed by atoms with Gasteiger partial charge in [0.2, 0.25) is 0 Å². The van der Waals surface area contributed by atoms with E-state index in [1.165, 1.54) is 7.11 Å². The molecule has 0 aromatic heterocycles. The van der Waals surface area contributed by atoms with Crippen molar-refractivity contribution in [3.05, 3.63) is 64.9 Å². The molecule has 0 fully saturated rings. The van der Waals surface area contributed by atoms with Crippen LogP contribution in [-0.2, 0) is 4.79 Å². The van der Waals surface area contributed by atoms with E-state index in [2.05, 4.69) is 16.0 Å². The summed E-state index contributed by atoms with van der Waals surface area (Å²) in [4.78, 5) is 25.1. The quantitative estimate of drug-likeness (QED) is 0.742. The molecule has 1 aliphatic heterocycles. The fraction of sp³-hybridized carbons (Fsp3) is 0.238. The van der Waals surface area contributed by atoms with Crippen molar-refractivity contribution in [1.29, 1.82) is 0 Å². The molecule has 7 heteroatoms. The summed E-state index contributed by atoms with van der Waals surface area (Å²) in [6.45, 7) is 3.68. The van der Waals surface area contributed by atoms with Gasteiger partial charge in [-0.25, -0.2) is 4.79 Å². The number of urea groups is 1. The minimum absolute atomic E-state index is 0.309. The van der Waals surface area contributed by atoms with Crippen molar-refractivity contribution in [2.75, 3.05) is 19.5 Å². The molecule has 0 bridgehead atoms. The van der Waals surface area contributed by atoms with Crippen LogP contribution < -0.4 is 25.4 Å². The van der Waals surface area contributed by atoms with Crippen molar-refractivity contribution in [2.45, 2.75) is 19.9 Å². The summed E-state index contributed by atoms with van der Waals surface area (Å²) in [5.74, 6) is 0.823. The molecule has 0 saturated carbocycles. The van der Waals surface area contributed by atoms with E-state index in [4.69, 9.17) is 9.47 Å². The van der Waals surface area contributed by atoms with Crippen molar-refractivity contribution in [3.8, 4) is 11.5 Å². The summed E-state index contributed by atoms with van der Waals surface area (Å²) < 4.78 is 10.7. The summed E-state index contributed by atoms with van der Waals surface area (Å²) in [5.41, 5.74) is 3.32. The van der Waals surface area contributed by atoms with E-state index < -0.39 is 6.04 Å². The highest BCUT2D eigenvalue weighted by atomic mass is 16.5. The Morgan fingerprint density at radius 1 is 1.04 bits per heavy atom. The van der Waals surface area contributed by atoms with E-state index in [1.807, 2.05) is 31.2 Å². The van der Waals surface area contributed by atoms with Crippen molar-refractivity contribution in [3.63, 3.8) is 0 Å². The van der Waals surface area contributed by atoms with Crippen LogP contribution in [-0.4, -0.2) is 26.2 Å². The zero-order valence-electron chi connectivity index (χ0n) is 16.3. The van der Waals surface area contributed by atoms with E-state index in [9.17, 15) is 9.59 Å². The third-order valence-corrected chi connectivity index (χ3v) is 4.57. The number of carbonyl (C=O) groups is 2. The van der Waals surface area contributed by atoms with Gasteiger partial charge in [0.25, 0.3) is 5.91 Å². The Labute approximate surface area is 163 Å². The van der Waals surface area contributed by atoms with Crippen molar-refractivity contribution >= 4 is 17.6 Å². The molecule has 28 heavy (non-hydrogen) atoms. The Morgan fingerprint density at radius 2 is 1.75 bits per heavy atom. The Morgan fingerprint density at radius 3 is 2.39 bits per heavy atom. The normalized spacial score (nSPS) is 16.1. The number of allylic oxidation sites excluding steroid dienone is 1. The average Bonchev–Trinajstić information content (AvgIpc) is 2.68. The number of rotatable bonds is 5. The minimum atomic E-state index is -0.667. The number of amides is 3. The number of nitrogens with one attached hydrogen (secondary N) is 3. The number of hydrogen-bond donors (Lipinski definition) is 3. The summed E-state index contributed by atoms with van der Waals surface area (Å²) in [6.07, 6.45) is 0. The molecule has 2 aromatic rings. The Balaban J connectivity index is 1.99. The van der Waals surface area contributed by atoms with Gasteiger partial charge in [-0.1, -0.05) is 17.7 Å². The van der Waals surface area contributed by atoms with Crippen LogP contribution >= 0.6 is 0 Å². The molecule has 0 unspecified atom stereocenters. The highest BCUT2D eigenvalue weighted by Gasteiger charge is 2.33. The topological polar surface area (TPSA) is 88.7 Å². The van der Waals surface area contributed by atoms with Crippen LogP contribution in [0.25, 0.3) is 0 Å². The van der Waals surface area contributed by atoms with Crippen molar-refractivity contribution in [2.24, 2.45) is 0 Å². The molecule has 1 heterocycles. The van der Waals surface area contributed by atoms with E-state index in [0.717, 1.165) is 5.56 Å². The SMILES string of the molecule is COc1ccc([C@@H]2NC(=O)NC(C)=C2C(=O)Nc2ccc(C)cc2)c(OC)c1. The van der Waals surface area contributed by atoms with E-state index in [1.54, 1.807) is 32.2 Å². The molecule has 7 nitrogen and oxygen atoms in total. The Kier molecular flexibility index (Phi) is 5.54. The molecular weight excluding hydrogens is 358 g/mol. The molecule has 0 spiro atoms. The smallest absolute Gasteiger partial charge is 0.319 e. The molecule has 3 rings (SSSR count). The van der Waals surface area contributed by atoms with Crippen LogP contribution in [0.1, 0.15) is 24.1 Å². The molecule has 0 aliphatic carbocycles. The lowest BCUT2D eigenvalue weighted by molar-refractivity contribution is -0.113. The predicted octanol–water partition coefficient (Wildman–Crippen LogP) is 3.28. The van der Waals surface area contributed by atoms with Crippen LogP contribution in [0.5, 0.6) is 11.5 Å². The second kappa shape index (κ2) is 8.04. The van der Waals surface area contributed by atoms with Crippen LogP contribution in [0.2, 0.25) is 0 Å². The third-order valence-electron chi connectivity index (χ3n) is 4.57. The molecule has 1 aliphatic rings. The number of aryl methyl sites for hydroxylation is 1. The van der Waals surface area contributed by atoms with Crippen LogP contribution in [0.4, 0.5) is 10.5 Å². The minimum Gasteiger partial charge on any atom is -0.497 e.